The summed E-state index contributed by atoms with van der Waals surface area (Å²) in [4.78, 5) is 10.9. The Labute approximate surface area is 83.8 Å². The zero-order valence-corrected chi connectivity index (χ0v) is 7.71. The number of para-hydroxylation sites is 1. The van der Waals surface area contributed by atoms with Crippen molar-refractivity contribution in [2.45, 2.75) is 6.11 Å². The van der Waals surface area contributed by atoms with Gasteiger partial charge in [-0.15, -0.1) is 0 Å². The zero-order chi connectivity index (χ0) is 11.1. The van der Waals surface area contributed by atoms with Crippen LogP contribution in [-0.4, -0.2) is 19.1 Å². The van der Waals surface area contributed by atoms with Crippen molar-refractivity contribution in [1.82, 2.24) is 0 Å². The third kappa shape index (κ3) is 1.47. The van der Waals surface area contributed by atoms with Crippen LogP contribution in [0.15, 0.2) is 18.2 Å². The Kier molecular flexibility index (Phi) is 1.99. The molecule has 1 heterocycles. The number of rotatable bonds is 1. The van der Waals surface area contributed by atoms with Crippen LogP contribution < -0.4 is 14.8 Å². The maximum atomic E-state index is 12.8. The molecule has 0 unspecified atom stereocenters. The van der Waals surface area contributed by atoms with Gasteiger partial charge < -0.3 is 14.8 Å². The summed E-state index contributed by atoms with van der Waals surface area (Å²) in [6, 6.07) is 4.35. The van der Waals surface area contributed by atoms with Crippen molar-refractivity contribution in [2.24, 2.45) is 0 Å². The van der Waals surface area contributed by atoms with Crippen LogP contribution in [0.5, 0.6) is 11.5 Å². The highest BCUT2D eigenvalue weighted by Crippen LogP contribution is 2.40. The molecule has 1 aromatic carbocycles. The van der Waals surface area contributed by atoms with Gasteiger partial charge in [0.25, 0.3) is 0 Å². The number of amides is 1. The van der Waals surface area contributed by atoms with E-state index in [1.165, 1.54) is 25.3 Å². The van der Waals surface area contributed by atoms with Crippen LogP contribution >= 0.6 is 0 Å². The van der Waals surface area contributed by atoms with Crippen LogP contribution in [-0.2, 0) is 4.79 Å². The first-order valence-corrected chi connectivity index (χ1v) is 4.10. The van der Waals surface area contributed by atoms with Crippen molar-refractivity contribution in [3.05, 3.63) is 18.2 Å². The van der Waals surface area contributed by atoms with E-state index in [1.807, 2.05) is 5.32 Å². The number of methoxy groups -OCH3 is 1. The SMILES string of the molecule is COc1cccc2c1NC(=O)C(F)(F)O2. The van der Waals surface area contributed by atoms with Crippen molar-refractivity contribution in [1.29, 1.82) is 0 Å². The van der Waals surface area contributed by atoms with Crippen LogP contribution in [0.4, 0.5) is 14.5 Å². The van der Waals surface area contributed by atoms with Crippen LogP contribution in [0, 0.1) is 0 Å². The summed E-state index contributed by atoms with van der Waals surface area (Å²) in [6.45, 7) is 0. The summed E-state index contributed by atoms with van der Waals surface area (Å²) in [5.41, 5.74) is 0.121. The lowest BCUT2D eigenvalue weighted by Gasteiger charge is -2.25. The van der Waals surface area contributed by atoms with E-state index in [9.17, 15) is 13.6 Å². The van der Waals surface area contributed by atoms with Crippen LogP contribution in [0.2, 0.25) is 0 Å². The van der Waals surface area contributed by atoms with Crippen LogP contribution in [0.25, 0.3) is 0 Å². The molecule has 0 atom stereocenters. The van der Waals surface area contributed by atoms with Crippen LogP contribution in [0.1, 0.15) is 0 Å². The number of alkyl halides is 2. The van der Waals surface area contributed by atoms with Gasteiger partial charge in [-0.2, -0.15) is 8.78 Å². The van der Waals surface area contributed by atoms with Gasteiger partial charge >= 0.3 is 12.0 Å². The molecule has 15 heavy (non-hydrogen) atoms. The van der Waals surface area contributed by atoms with E-state index in [2.05, 4.69) is 4.74 Å². The van der Waals surface area contributed by atoms with E-state index in [1.54, 1.807) is 0 Å². The quantitative estimate of drug-likeness (QED) is 0.774. The van der Waals surface area contributed by atoms with Crippen molar-refractivity contribution in [3.8, 4) is 11.5 Å². The lowest BCUT2D eigenvalue weighted by molar-refractivity contribution is -0.189. The number of hydrogen-bond donors (Lipinski definition) is 1. The molecule has 0 bridgehead atoms. The molecule has 6 heteroatoms. The molecule has 1 N–H and O–H groups in total. The Morgan fingerprint density at radius 1 is 1.47 bits per heavy atom. The van der Waals surface area contributed by atoms with E-state index in [-0.39, 0.29) is 17.2 Å². The average Bonchev–Trinajstić information content (AvgIpc) is 2.18. The van der Waals surface area contributed by atoms with Gasteiger partial charge in [0.15, 0.2) is 5.75 Å². The predicted octanol–water partition coefficient (Wildman–Crippen LogP) is 1.62. The number of anilines is 1. The van der Waals surface area contributed by atoms with Crippen molar-refractivity contribution in [3.63, 3.8) is 0 Å². The van der Waals surface area contributed by atoms with Gasteiger partial charge in [-0.3, -0.25) is 4.79 Å². The molecule has 80 valence electrons. The summed E-state index contributed by atoms with van der Waals surface area (Å²) in [5.74, 6) is -1.34. The maximum absolute atomic E-state index is 12.8. The van der Waals surface area contributed by atoms with E-state index in [0.29, 0.717) is 0 Å². The molecule has 0 saturated carbocycles. The number of ether oxygens (including phenoxy) is 2. The fourth-order valence-corrected chi connectivity index (χ4v) is 1.26. The van der Waals surface area contributed by atoms with Gasteiger partial charge in [0.1, 0.15) is 11.4 Å². The standard InChI is InChI=1S/C9H7F2NO3/c1-14-5-3-2-4-6-7(5)12-8(13)9(10,11)15-6/h2-4H,1H3,(H,12,13). The van der Waals surface area contributed by atoms with Gasteiger partial charge in [0.05, 0.1) is 7.11 Å². The molecule has 0 radical (unpaired) electrons. The molecule has 1 aliphatic rings. The number of nitrogens with one attached hydrogen (secondary N) is 1. The first kappa shape index (κ1) is 9.70. The molecule has 1 amide bonds. The summed E-state index contributed by atoms with van der Waals surface area (Å²) in [7, 11) is 1.37. The Hall–Kier alpha value is -1.85. The minimum absolute atomic E-state index is 0.112. The smallest absolute Gasteiger partial charge is 0.482 e. The fourth-order valence-electron chi connectivity index (χ4n) is 1.26. The lowest BCUT2D eigenvalue weighted by Crippen LogP contribution is -2.43. The summed E-state index contributed by atoms with van der Waals surface area (Å²) in [6.07, 6.45) is -3.83. The molecule has 0 aromatic heterocycles. The Morgan fingerprint density at radius 3 is 2.87 bits per heavy atom. The third-order valence-electron chi connectivity index (χ3n) is 1.95. The Balaban J connectivity index is 2.49. The minimum atomic E-state index is -3.83. The molecule has 4 nitrogen and oxygen atoms in total. The van der Waals surface area contributed by atoms with Gasteiger partial charge in [-0.05, 0) is 12.1 Å². The number of carbonyl (C=O) groups is 1. The summed E-state index contributed by atoms with van der Waals surface area (Å²) >= 11 is 0. The zero-order valence-electron chi connectivity index (χ0n) is 7.71. The topological polar surface area (TPSA) is 47.6 Å². The molecule has 1 aliphatic heterocycles. The van der Waals surface area contributed by atoms with Gasteiger partial charge in [0.2, 0.25) is 0 Å². The number of fused-ring (bicyclic) bond motifs is 1. The normalized spacial score (nSPS) is 17.4. The number of carbonyl (C=O) groups excluding carboxylic acids is 1. The molecular formula is C9H7F2NO3. The van der Waals surface area contributed by atoms with Crippen LogP contribution in [0.3, 0.4) is 0 Å². The summed E-state index contributed by atoms with van der Waals surface area (Å²) in [5, 5.41) is 2.03. The maximum Gasteiger partial charge on any atom is 0.482 e. The monoisotopic (exact) mass is 215 g/mol. The van der Waals surface area contributed by atoms with E-state index >= 15 is 0 Å². The van der Waals surface area contributed by atoms with E-state index < -0.39 is 12.0 Å². The molecule has 2 rings (SSSR count). The highest BCUT2D eigenvalue weighted by atomic mass is 19.3. The Bertz CT molecular complexity index is 420. The van der Waals surface area contributed by atoms with E-state index in [0.717, 1.165) is 0 Å². The molecule has 0 saturated heterocycles. The highest BCUT2D eigenvalue weighted by molar-refractivity contribution is 6.00. The van der Waals surface area contributed by atoms with Gasteiger partial charge in [-0.25, -0.2) is 0 Å². The largest absolute Gasteiger partial charge is 0.494 e. The first-order valence-electron chi connectivity index (χ1n) is 4.10. The number of benzene rings is 1. The number of halogens is 2. The molecule has 1 aromatic rings. The predicted molar refractivity (Wildman–Crippen MR) is 47.2 cm³/mol. The van der Waals surface area contributed by atoms with E-state index in [4.69, 9.17) is 4.74 Å². The minimum Gasteiger partial charge on any atom is -0.494 e. The second-order valence-corrected chi connectivity index (χ2v) is 2.91. The highest BCUT2D eigenvalue weighted by Gasteiger charge is 2.46. The average molecular weight is 215 g/mol. The third-order valence-corrected chi connectivity index (χ3v) is 1.95. The summed E-state index contributed by atoms with van der Waals surface area (Å²) < 4.78 is 34.8. The molecule has 0 spiro atoms. The second-order valence-electron chi connectivity index (χ2n) is 2.91. The molecular weight excluding hydrogens is 208 g/mol. The Morgan fingerprint density at radius 2 is 2.20 bits per heavy atom. The van der Waals surface area contributed by atoms with Gasteiger partial charge in [0, 0.05) is 0 Å². The van der Waals surface area contributed by atoms with Crippen molar-refractivity contribution < 1.29 is 23.0 Å². The first-order chi connectivity index (χ1) is 7.04. The molecule has 0 aliphatic carbocycles. The fraction of sp³-hybridized carbons (Fsp3) is 0.222. The van der Waals surface area contributed by atoms with Gasteiger partial charge in [-0.1, -0.05) is 6.07 Å². The second kappa shape index (κ2) is 3.08. The van der Waals surface area contributed by atoms with Crippen molar-refractivity contribution in [2.75, 3.05) is 12.4 Å². The molecule has 0 fully saturated rings. The number of hydrogen-bond acceptors (Lipinski definition) is 3. The van der Waals surface area contributed by atoms with Crippen molar-refractivity contribution >= 4 is 11.6 Å². The lowest BCUT2D eigenvalue weighted by atomic mass is 10.2.